The summed E-state index contributed by atoms with van der Waals surface area (Å²) in [4.78, 5) is 0. The lowest BCUT2D eigenvalue weighted by atomic mass is 9.85. The van der Waals surface area contributed by atoms with Gasteiger partial charge in [-0.05, 0) is 48.8 Å². The maximum absolute atomic E-state index is 6.18. The fourth-order valence-corrected chi connectivity index (χ4v) is 4.34. The summed E-state index contributed by atoms with van der Waals surface area (Å²) in [6.45, 7) is 4.29. The molecular weight excluding hydrogens is 254 g/mol. The maximum Gasteiger partial charge on any atom is 0.142 e. The number of hydrogen-bond acceptors (Lipinski definition) is 3. The Hall–Kier alpha value is -0.830. The van der Waals surface area contributed by atoms with Crippen molar-refractivity contribution in [3.05, 3.63) is 23.8 Å². The third-order valence-electron chi connectivity index (χ3n) is 4.31. The van der Waals surface area contributed by atoms with Gasteiger partial charge in [0.15, 0.2) is 0 Å². The number of para-hydroxylation sites is 1. The predicted molar refractivity (Wildman–Crippen MR) is 83.4 cm³/mol. The minimum atomic E-state index is 0.364. The highest BCUT2D eigenvalue weighted by Crippen LogP contribution is 2.37. The molecule has 0 aliphatic carbocycles. The van der Waals surface area contributed by atoms with Gasteiger partial charge in [0, 0.05) is 12.0 Å². The van der Waals surface area contributed by atoms with Gasteiger partial charge in [-0.15, -0.1) is 0 Å². The first-order chi connectivity index (χ1) is 9.27. The Morgan fingerprint density at radius 1 is 1.32 bits per heavy atom. The van der Waals surface area contributed by atoms with Crippen molar-refractivity contribution in [3.63, 3.8) is 0 Å². The molecule has 1 saturated heterocycles. The molecule has 3 heteroatoms. The maximum atomic E-state index is 6.18. The summed E-state index contributed by atoms with van der Waals surface area (Å²) >= 11 is 2.07. The van der Waals surface area contributed by atoms with Crippen LogP contribution in [0.5, 0.6) is 5.75 Å². The first-order valence-corrected chi connectivity index (χ1v) is 8.49. The molecule has 2 nitrogen and oxygen atoms in total. The molecule has 104 valence electrons. The van der Waals surface area contributed by atoms with E-state index in [1.165, 1.54) is 48.4 Å². The Morgan fingerprint density at radius 3 is 3.00 bits per heavy atom. The summed E-state index contributed by atoms with van der Waals surface area (Å²) in [5.41, 5.74) is 3.01. The van der Waals surface area contributed by atoms with Crippen LogP contribution in [0.4, 0.5) is 5.69 Å². The van der Waals surface area contributed by atoms with Gasteiger partial charge in [-0.1, -0.05) is 19.1 Å². The van der Waals surface area contributed by atoms with Crippen molar-refractivity contribution < 1.29 is 4.74 Å². The fraction of sp³-hybridized carbons (Fsp3) is 0.625. The molecule has 2 aliphatic rings. The lowest BCUT2D eigenvalue weighted by Crippen LogP contribution is -2.29. The first kappa shape index (κ1) is 13.2. The second-order valence-electron chi connectivity index (χ2n) is 6.03. The van der Waals surface area contributed by atoms with Crippen molar-refractivity contribution in [1.82, 2.24) is 0 Å². The Labute approximate surface area is 120 Å². The summed E-state index contributed by atoms with van der Waals surface area (Å²) < 4.78 is 6.18. The van der Waals surface area contributed by atoms with Crippen LogP contribution in [0.15, 0.2) is 18.2 Å². The van der Waals surface area contributed by atoms with E-state index in [9.17, 15) is 0 Å². The number of hydrogen-bond donors (Lipinski definition) is 1. The second-order valence-corrected chi connectivity index (χ2v) is 7.26. The average molecular weight is 277 g/mol. The largest absolute Gasteiger partial charge is 0.491 e. The van der Waals surface area contributed by atoms with Gasteiger partial charge >= 0.3 is 0 Å². The molecule has 2 aliphatic heterocycles. The van der Waals surface area contributed by atoms with Crippen molar-refractivity contribution in [2.45, 2.75) is 32.6 Å². The van der Waals surface area contributed by atoms with Crippen LogP contribution in [-0.2, 0) is 6.42 Å². The number of ether oxygens (including phenoxy) is 1. The van der Waals surface area contributed by atoms with Gasteiger partial charge in [-0.25, -0.2) is 0 Å². The van der Waals surface area contributed by atoms with E-state index in [-0.39, 0.29) is 0 Å². The number of anilines is 1. The van der Waals surface area contributed by atoms with Gasteiger partial charge in [0.2, 0.25) is 0 Å². The first-order valence-electron chi connectivity index (χ1n) is 7.33. The van der Waals surface area contributed by atoms with Gasteiger partial charge in [0.1, 0.15) is 5.75 Å². The molecule has 0 unspecified atom stereocenters. The fourth-order valence-electron chi connectivity index (χ4n) is 2.86. The molecule has 1 aromatic rings. The van der Waals surface area contributed by atoms with E-state index in [1.807, 2.05) is 0 Å². The molecule has 3 rings (SSSR count). The van der Waals surface area contributed by atoms with Gasteiger partial charge in [0.05, 0.1) is 12.3 Å². The summed E-state index contributed by atoms with van der Waals surface area (Å²) in [6.07, 6.45) is 4.96. The molecule has 0 bridgehead atoms. The van der Waals surface area contributed by atoms with Crippen LogP contribution in [0.3, 0.4) is 0 Å². The topological polar surface area (TPSA) is 21.3 Å². The third-order valence-corrected chi connectivity index (χ3v) is 5.30. The van der Waals surface area contributed by atoms with E-state index >= 15 is 0 Å². The molecule has 1 aromatic carbocycles. The molecule has 0 radical (unpaired) electrons. The zero-order chi connectivity index (χ0) is 13.1. The monoisotopic (exact) mass is 277 g/mol. The van der Waals surface area contributed by atoms with Crippen LogP contribution in [0.1, 0.15) is 31.7 Å². The van der Waals surface area contributed by atoms with Crippen molar-refractivity contribution in [2.24, 2.45) is 5.41 Å². The third kappa shape index (κ3) is 3.02. The number of aryl methyl sites for hydroxylation is 1. The Balaban J connectivity index is 1.69. The summed E-state index contributed by atoms with van der Waals surface area (Å²) in [6, 6.07) is 6.45. The number of thioether (sulfide) groups is 1. The van der Waals surface area contributed by atoms with E-state index in [1.54, 1.807) is 0 Å². The van der Waals surface area contributed by atoms with Gasteiger partial charge in [-0.2, -0.15) is 11.8 Å². The summed E-state index contributed by atoms with van der Waals surface area (Å²) in [5, 5.41) is 3.50. The van der Waals surface area contributed by atoms with Crippen LogP contribution in [0, 0.1) is 5.41 Å². The van der Waals surface area contributed by atoms with Crippen molar-refractivity contribution >= 4 is 17.4 Å². The van der Waals surface area contributed by atoms with Crippen molar-refractivity contribution in [3.8, 4) is 5.75 Å². The SMILES string of the molecule is CC1(COc2cccc3c2NCCC3)CCSCC1. The molecule has 19 heavy (non-hydrogen) atoms. The van der Waals surface area contributed by atoms with Crippen LogP contribution in [-0.4, -0.2) is 24.7 Å². The molecule has 1 N–H and O–H groups in total. The zero-order valence-corrected chi connectivity index (χ0v) is 12.5. The second kappa shape index (κ2) is 5.66. The summed E-state index contributed by atoms with van der Waals surface area (Å²) in [7, 11) is 0. The lowest BCUT2D eigenvalue weighted by molar-refractivity contribution is 0.152. The highest BCUT2D eigenvalue weighted by Gasteiger charge is 2.28. The van der Waals surface area contributed by atoms with E-state index in [0.717, 1.165) is 18.9 Å². The van der Waals surface area contributed by atoms with Gasteiger partial charge < -0.3 is 10.1 Å². The smallest absolute Gasteiger partial charge is 0.142 e. The van der Waals surface area contributed by atoms with E-state index < -0.39 is 0 Å². The number of rotatable bonds is 3. The predicted octanol–water partition coefficient (Wildman–Crippen LogP) is 3.96. The van der Waals surface area contributed by atoms with Crippen molar-refractivity contribution in [2.75, 3.05) is 30.0 Å². The highest BCUT2D eigenvalue weighted by molar-refractivity contribution is 7.99. The molecule has 0 atom stereocenters. The Kier molecular flexibility index (Phi) is 3.92. The molecule has 0 aromatic heterocycles. The standard InChI is InChI=1S/C16H23NOS/c1-16(7-10-19-11-8-16)12-18-14-6-2-4-13-5-3-9-17-15(13)14/h2,4,6,17H,3,5,7-12H2,1H3. The van der Waals surface area contributed by atoms with Crippen LogP contribution in [0.2, 0.25) is 0 Å². The quantitative estimate of drug-likeness (QED) is 0.903. The Bertz CT molecular complexity index is 440. The molecule has 0 amide bonds. The molecule has 0 saturated carbocycles. The number of benzene rings is 1. The lowest BCUT2D eigenvalue weighted by Gasteiger charge is -2.33. The minimum Gasteiger partial charge on any atom is -0.491 e. The van der Waals surface area contributed by atoms with E-state index in [4.69, 9.17) is 4.74 Å². The number of nitrogens with one attached hydrogen (secondary N) is 1. The van der Waals surface area contributed by atoms with Crippen LogP contribution in [0.25, 0.3) is 0 Å². The van der Waals surface area contributed by atoms with Gasteiger partial charge in [-0.3, -0.25) is 0 Å². The van der Waals surface area contributed by atoms with Crippen molar-refractivity contribution in [1.29, 1.82) is 0 Å². The van der Waals surface area contributed by atoms with E-state index in [2.05, 4.69) is 42.2 Å². The Morgan fingerprint density at radius 2 is 2.16 bits per heavy atom. The number of fused-ring (bicyclic) bond motifs is 1. The van der Waals surface area contributed by atoms with Crippen LogP contribution >= 0.6 is 11.8 Å². The zero-order valence-electron chi connectivity index (χ0n) is 11.7. The molecule has 1 fully saturated rings. The molecular formula is C16H23NOS. The molecule has 2 heterocycles. The van der Waals surface area contributed by atoms with E-state index in [0.29, 0.717) is 5.41 Å². The normalized spacial score (nSPS) is 21.3. The summed E-state index contributed by atoms with van der Waals surface area (Å²) in [5.74, 6) is 3.62. The highest BCUT2D eigenvalue weighted by atomic mass is 32.2. The van der Waals surface area contributed by atoms with Gasteiger partial charge in [0.25, 0.3) is 0 Å². The minimum absolute atomic E-state index is 0.364. The average Bonchev–Trinajstić information content (AvgIpc) is 2.46. The van der Waals surface area contributed by atoms with Crippen LogP contribution < -0.4 is 10.1 Å². The molecule has 0 spiro atoms.